The van der Waals surface area contributed by atoms with E-state index in [1.807, 2.05) is 45.1 Å². The topological polar surface area (TPSA) is 55.8 Å². The van der Waals surface area contributed by atoms with Crippen molar-refractivity contribution in [2.24, 2.45) is 0 Å². The lowest BCUT2D eigenvalue weighted by Crippen LogP contribution is -2.35. The number of carbonyl (C=O) groups is 1. The van der Waals surface area contributed by atoms with Gasteiger partial charge >= 0.3 is 6.09 Å². The van der Waals surface area contributed by atoms with Gasteiger partial charge in [0, 0.05) is 0 Å². The lowest BCUT2D eigenvalue weighted by atomic mass is 10.1. The Morgan fingerprint density at radius 1 is 1.04 bits per heavy atom. The minimum absolute atomic E-state index is 0.470. The molecule has 23 heavy (non-hydrogen) atoms. The summed E-state index contributed by atoms with van der Waals surface area (Å²) in [7, 11) is 0. The Balaban J connectivity index is 2.00. The van der Waals surface area contributed by atoms with Gasteiger partial charge in [0.1, 0.15) is 5.60 Å². The lowest BCUT2D eigenvalue weighted by Gasteiger charge is -2.31. The van der Waals surface area contributed by atoms with Crippen LogP contribution in [0, 0.1) is 0 Å². The van der Waals surface area contributed by atoms with E-state index in [0.717, 1.165) is 0 Å². The minimum atomic E-state index is -0.600. The molecule has 1 amide bonds. The van der Waals surface area contributed by atoms with Gasteiger partial charge in [-0.1, -0.05) is 12.2 Å². The smallest absolute Gasteiger partial charge is 0.419 e. The average molecular weight is 313 g/mol. The summed E-state index contributed by atoms with van der Waals surface area (Å²) in [5.74, 6) is 1.21. The van der Waals surface area contributed by atoms with Crippen LogP contribution in [0.25, 0.3) is 11.4 Å². The van der Waals surface area contributed by atoms with Crippen molar-refractivity contribution in [3.8, 4) is 0 Å². The number of carbonyl (C=O) groups excluding carboxylic acids is 1. The Morgan fingerprint density at radius 2 is 1.57 bits per heavy atom. The molecule has 0 N–H and O–H groups in total. The molecule has 2 aromatic heterocycles. The monoisotopic (exact) mass is 313 g/mol. The summed E-state index contributed by atoms with van der Waals surface area (Å²) in [6.07, 6.45) is 7.21. The van der Waals surface area contributed by atoms with Crippen molar-refractivity contribution in [2.45, 2.75) is 32.8 Å². The number of hydrogen-bond donors (Lipinski definition) is 0. The average Bonchev–Trinajstić information content (AvgIpc) is 3.18. The van der Waals surface area contributed by atoms with E-state index >= 15 is 0 Å². The summed E-state index contributed by atoms with van der Waals surface area (Å²) in [4.78, 5) is 14.3. The highest BCUT2D eigenvalue weighted by Gasteiger charge is 2.32. The summed E-state index contributed by atoms with van der Waals surface area (Å²) >= 11 is 0. The van der Waals surface area contributed by atoms with Crippen LogP contribution in [-0.4, -0.2) is 16.6 Å². The van der Waals surface area contributed by atoms with Crippen LogP contribution in [0.2, 0.25) is 0 Å². The van der Waals surface area contributed by atoms with E-state index in [-0.39, 0.29) is 0 Å². The van der Waals surface area contributed by atoms with Gasteiger partial charge in [-0.2, -0.15) is 0 Å². The fourth-order valence-corrected chi connectivity index (χ4v) is 2.37. The molecule has 0 atom stereocenters. The molecule has 0 aromatic carbocycles. The molecule has 0 saturated carbocycles. The minimum Gasteiger partial charge on any atom is -0.463 e. The largest absolute Gasteiger partial charge is 0.463 e. The Hall–Kier alpha value is -2.69. The van der Waals surface area contributed by atoms with Gasteiger partial charge in [0.05, 0.1) is 23.9 Å². The van der Waals surface area contributed by atoms with Crippen molar-refractivity contribution < 1.29 is 18.4 Å². The molecule has 0 aliphatic carbocycles. The van der Waals surface area contributed by atoms with Crippen LogP contribution >= 0.6 is 0 Å². The zero-order valence-electron chi connectivity index (χ0n) is 13.4. The molecule has 0 spiro atoms. The van der Waals surface area contributed by atoms with Gasteiger partial charge in [-0.3, -0.25) is 0 Å². The second kappa shape index (κ2) is 5.83. The maximum absolute atomic E-state index is 12.8. The van der Waals surface area contributed by atoms with Gasteiger partial charge in [-0.25, -0.2) is 9.69 Å². The standard InChI is InChI=1S/C18H19NO4/c1-18(2,3)23-17(20)19-13(15-9-5-11-21-15)7-4-8-14(19)16-10-6-12-22-16/h5-12H,4H2,1-3H3. The highest BCUT2D eigenvalue weighted by molar-refractivity contribution is 5.93. The van der Waals surface area contributed by atoms with Gasteiger partial charge in [0.15, 0.2) is 11.5 Å². The fourth-order valence-electron chi connectivity index (χ4n) is 2.37. The van der Waals surface area contributed by atoms with Crippen molar-refractivity contribution in [1.82, 2.24) is 4.90 Å². The lowest BCUT2D eigenvalue weighted by molar-refractivity contribution is 0.0421. The van der Waals surface area contributed by atoms with Gasteiger partial charge in [-0.15, -0.1) is 0 Å². The number of nitrogens with zero attached hydrogens (tertiary/aromatic N) is 1. The third-order valence-corrected chi connectivity index (χ3v) is 3.23. The van der Waals surface area contributed by atoms with E-state index in [2.05, 4.69) is 0 Å². The first-order chi connectivity index (χ1) is 11.0. The van der Waals surface area contributed by atoms with Crippen molar-refractivity contribution in [3.05, 3.63) is 60.5 Å². The molecule has 0 fully saturated rings. The van der Waals surface area contributed by atoms with E-state index in [0.29, 0.717) is 29.3 Å². The van der Waals surface area contributed by atoms with Crippen molar-refractivity contribution >= 4 is 17.5 Å². The SMILES string of the molecule is CC(C)(C)OC(=O)N1C(c2ccco2)=CCC=C1c1ccco1. The summed E-state index contributed by atoms with van der Waals surface area (Å²) in [6, 6.07) is 7.20. The molecule has 3 rings (SSSR count). The van der Waals surface area contributed by atoms with Crippen molar-refractivity contribution in [1.29, 1.82) is 0 Å². The second-order valence-electron chi connectivity index (χ2n) is 6.18. The summed E-state index contributed by atoms with van der Waals surface area (Å²) < 4.78 is 16.5. The summed E-state index contributed by atoms with van der Waals surface area (Å²) in [5.41, 5.74) is 0.702. The molecule has 2 aromatic rings. The van der Waals surface area contributed by atoms with Crippen molar-refractivity contribution in [2.75, 3.05) is 0 Å². The molecule has 5 nitrogen and oxygen atoms in total. The zero-order chi connectivity index (χ0) is 16.4. The quantitative estimate of drug-likeness (QED) is 0.791. The van der Waals surface area contributed by atoms with Crippen LogP contribution < -0.4 is 0 Å². The molecule has 0 bridgehead atoms. The van der Waals surface area contributed by atoms with Gasteiger partial charge in [-0.05, 0) is 51.5 Å². The zero-order valence-corrected chi connectivity index (χ0v) is 13.4. The van der Waals surface area contributed by atoms with Crippen molar-refractivity contribution in [3.63, 3.8) is 0 Å². The maximum Gasteiger partial charge on any atom is 0.419 e. The van der Waals surface area contributed by atoms with Gasteiger partial charge < -0.3 is 13.6 Å². The molecule has 5 heteroatoms. The van der Waals surface area contributed by atoms with E-state index < -0.39 is 11.7 Å². The van der Waals surface area contributed by atoms with Crippen LogP contribution in [0.5, 0.6) is 0 Å². The predicted molar refractivity (Wildman–Crippen MR) is 86.1 cm³/mol. The Morgan fingerprint density at radius 3 is 1.96 bits per heavy atom. The van der Waals surface area contributed by atoms with Gasteiger partial charge in [0.25, 0.3) is 0 Å². The number of rotatable bonds is 2. The summed E-state index contributed by atoms with van der Waals surface area (Å²) in [5, 5.41) is 0. The van der Waals surface area contributed by atoms with Crippen LogP contribution in [-0.2, 0) is 4.74 Å². The van der Waals surface area contributed by atoms with Crippen LogP contribution in [0.15, 0.2) is 57.8 Å². The number of furan rings is 2. The number of amides is 1. The molecule has 1 aliphatic rings. The number of hydrogen-bond acceptors (Lipinski definition) is 4. The maximum atomic E-state index is 12.8. The number of allylic oxidation sites excluding steroid dienone is 2. The van der Waals surface area contributed by atoms with Gasteiger partial charge in [0.2, 0.25) is 0 Å². The number of ether oxygens (including phenoxy) is 1. The second-order valence-corrected chi connectivity index (χ2v) is 6.18. The third kappa shape index (κ3) is 3.23. The van der Waals surface area contributed by atoms with E-state index in [1.165, 1.54) is 4.90 Å². The highest BCUT2D eigenvalue weighted by Crippen LogP contribution is 2.35. The first kappa shape index (κ1) is 15.2. The highest BCUT2D eigenvalue weighted by atomic mass is 16.6. The Labute approximate surface area is 134 Å². The molecule has 0 saturated heterocycles. The normalized spacial score (nSPS) is 15.2. The van der Waals surface area contributed by atoms with Crippen LogP contribution in [0.1, 0.15) is 38.7 Å². The molecular formula is C18H19NO4. The third-order valence-electron chi connectivity index (χ3n) is 3.23. The molecule has 0 unspecified atom stereocenters. The molecule has 0 radical (unpaired) electrons. The van der Waals surface area contributed by atoms with E-state index in [9.17, 15) is 4.79 Å². The molecule has 1 aliphatic heterocycles. The Bertz CT molecular complexity index is 680. The fraction of sp³-hybridized carbons (Fsp3) is 0.278. The van der Waals surface area contributed by atoms with E-state index in [4.69, 9.17) is 13.6 Å². The molecular weight excluding hydrogens is 294 g/mol. The predicted octanol–water partition coefficient (Wildman–Crippen LogP) is 4.90. The first-order valence-electron chi connectivity index (χ1n) is 7.47. The molecule has 120 valence electrons. The van der Waals surface area contributed by atoms with Crippen LogP contribution in [0.3, 0.4) is 0 Å². The molecule has 3 heterocycles. The van der Waals surface area contributed by atoms with E-state index in [1.54, 1.807) is 24.7 Å². The Kier molecular flexibility index (Phi) is 3.86. The first-order valence-corrected chi connectivity index (χ1v) is 7.47. The summed E-state index contributed by atoms with van der Waals surface area (Å²) in [6.45, 7) is 5.50. The van der Waals surface area contributed by atoms with Crippen LogP contribution in [0.4, 0.5) is 4.79 Å².